The summed E-state index contributed by atoms with van der Waals surface area (Å²) in [5, 5.41) is 6.40. The zero-order chi connectivity index (χ0) is 3.54. The van der Waals surface area contributed by atoms with Crippen LogP contribution in [0.15, 0.2) is 17.0 Å². The lowest BCUT2D eigenvalue weighted by Crippen LogP contribution is -1.53. The smallest absolute Gasteiger partial charge is 0.144 e. The predicted octanol–water partition coefficient (Wildman–Crippen LogP) is -0.755. The maximum Gasteiger partial charge on any atom is 0.144 e. The number of nitrogens with zero attached hydrogens (tertiary/aromatic N) is 2. The van der Waals surface area contributed by atoms with E-state index < -0.39 is 0 Å². The molecule has 4 nitrogen and oxygen atoms in total. The molecule has 0 unspecified atom stereocenters. The standard InChI is InChI=1S/C2H2N2O.H2O/c1-2-5-4-3-1;/h1-2H;1H2. The Morgan fingerprint density at radius 3 is 2.50 bits per heavy atom. The van der Waals surface area contributed by atoms with Crippen LogP contribution in [-0.4, -0.2) is 15.8 Å². The highest BCUT2D eigenvalue weighted by molar-refractivity contribution is 4.48. The Balaban J connectivity index is 0.000000250. The molecule has 6 heavy (non-hydrogen) atoms. The Kier molecular flexibility index (Phi) is 1.99. The van der Waals surface area contributed by atoms with Crippen LogP contribution < -0.4 is 0 Å². The lowest BCUT2D eigenvalue weighted by molar-refractivity contribution is 0.393. The quantitative estimate of drug-likeness (QED) is 0.418. The molecule has 0 saturated carbocycles. The maximum absolute atomic E-state index is 4.22. The van der Waals surface area contributed by atoms with Crippen molar-refractivity contribution in [3.63, 3.8) is 0 Å². The van der Waals surface area contributed by atoms with E-state index in [1.165, 1.54) is 12.5 Å². The largest absolute Gasteiger partial charge is 0.412 e. The Hall–Kier alpha value is -0.900. The van der Waals surface area contributed by atoms with Crippen molar-refractivity contribution in [2.45, 2.75) is 0 Å². The molecule has 0 aromatic carbocycles. The van der Waals surface area contributed by atoms with Crippen LogP contribution in [0.1, 0.15) is 0 Å². The summed E-state index contributed by atoms with van der Waals surface area (Å²) in [5.74, 6) is 0. The first-order chi connectivity index (χ1) is 2.50. The van der Waals surface area contributed by atoms with Gasteiger partial charge in [-0.25, -0.2) is 0 Å². The second-order valence-corrected chi connectivity index (χ2v) is 0.588. The summed E-state index contributed by atoms with van der Waals surface area (Å²) in [6.45, 7) is 0. The van der Waals surface area contributed by atoms with Gasteiger partial charge in [-0.3, -0.25) is 0 Å². The van der Waals surface area contributed by atoms with Gasteiger partial charge >= 0.3 is 0 Å². The third-order valence-corrected chi connectivity index (χ3v) is 0.283. The SMILES string of the molecule is O.c1conn1. The van der Waals surface area contributed by atoms with Gasteiger partial charge in [0.1, 0.15) is 6.26 Å². The van der Waals surface area contributed by atoms with Gasteiger partial charge in [-0.15, -0.1) is 5.10 Å². The molecular weight excluding hydrogens is 84.0 g/mol. The molecule has 1 rings (SSSR count). The summed E-state index contributed by atoms with van der Waals surface area (Å²) >= 11 is 0. The van der Waals surface area contributed by atoms with E-state index in [4.69, 9.17) is 0 Å². The summed E-state index contributed by atoms with van der Waals surface area (Å²) < 4.78 is 4.22. The lowest BCUT2D eigenvalue weighted by atomic mass is 11.0. The third kappa shape index (κ3) is 0.813. The van der Waals surface area contributed by atoms with Gasteiger partial charge in [-0.1, -0.05) is 0 Å². The van der Waals surface area contributed by atoms with Crippen LogP contribution in [0.2, 0.25) is 0 Å². The molecule has 1 aromatic heterocycles. The summed E-state index contributed by atoms with van der Waals surface area (Å²) in [4.78, 5) is 0. The lowest BCUT2D eigenvalue weighted by Gasteiger charge is -1.45. The van der Waals surface area contributed by atoms with Crippen LogP contribution >= 0.6 is 0 Å². The average Bonchev–Trinajstić information content (AvgIpc) is 1.76. The molecule has 0 amide bonds. The molecule has 0 spiro atoms. The molecule has 4 heteroatoms. The van der Waals surface area contributed by atoms with Gasteiger partial charge in [0.2, 0.25) is 0 Å². The first kappa shape index (κ1) is 5.10. The topological polar surface area (TPSA) is 70.4 Å². The average molecular weight is 88.1 g/mol. The molecule has 0 radical (unpaired) electrons. The molecule has 0 bridgehead atoms. The summed E-state index contributed by atoms with van der Waals surface area (Å²) in [6.07, 6.45) is 2.88. The van der Waals surface area contributed by atoms with Gasteiger partial charge in [-0.05, 0) is 0 Å². The first-order valence-electron chi connectivity index (χ1n) is 1.21. The van der Waals surface area contributed by atoms with Crippen molar-refractivity contribution < 1.29 is 10.00 Å². The van der Waals surface area contributed by atoms with Crippen molar-refractivity contribution in [1.29, 1.82) is 0 Å². The third-order valence-electron chi connectivity index (χ3n) is 0.283. The van der Waals surface area contributed by atoms with Crippen LogP contribution in [-0.2, 0) is 0 Å². The van der Waals surface area contributed by atoms with Crippen molar-refractivity contribution in [1.82, 2.24) is 10.4 Å². The minimum Gasteiger partial charge on any atom is -0.412 e. The Bertz CT molecular complexity index is 66.0. The molecule has 34 valence electrons. The van der Waals surface area contributed by atoms with Crippen LogP contribution in [0.4, 0.5) is 0 Å². The van der Waals surface area contributed by atoms with E-state index in [1.54, 1.807) is 0 Å². The van der Waals surface area contributed by atoms with E-state index in [1.807, 2.05) is 0 Å². The highest BCUT2D eigenvalue weighted by Gasteiger charge is 1.61. The molecule has 0 atom stereocenters. The molecule has 0 aliphatic heterocycles. The van der Waals surface area contributed by atoms with Gasteiger partial charge in [0.05, 0.1) is 6.20 Å². The van der Waals surface area contributed by atoms with Crippen LogP contribution in [0.3, 0.4) is 0 Å². The van der Waals surface area contributed by atoms with Gasteiger partial charge in [0.15, 0.2) is 0 Å². The number of aromatic nitrogens is 2. The molecular formula is C2H4N2O2. The summed E-state index contributed by atoms with van der Waals surface area (Å²) in [7, 11) is 0. The fourth-order valence-corrected chi connectivity index (χ4v) is 0.136. The summed E-state index contributed by atoms with van der Waals surface area (Å²) in [5.41, 5.74) is 0. The molecule has 1 heterocycles. The Morgan fingerprint density at radius 2 is 2.33 bits per heavy atom. The minimum atomic E-state index is 0. The Morgan fingerprint density at radius 1 is 1.50 bits per heavy atom. The number of rotatable bonds is 0. The molecule has 0 aliphatic carbocycles. The Labute approximate surface area is 34.1 Å². The van der Waals surface area contributed by atoms with Crippen molar-refractivity contribution in [3.8, 4) is 0 Å². The van der Waals surface area contributed by atoms with Gasteiger partial charge < -0.3 is 10.00 Å². The van der Waals surface area contributed by atoms with Crippen LogP contribution in [0.25, 0.3) is 0 Å². The minimum absolute atomic E-state index is 0. The molecule has 0 aliphatic rings. The molecule has 0 fully saturated rings. The number of hydrogen-bond donors (Lipinski definition) is 0. The van der Waals surface area contributed by atoms with Gasteiger partial charge in [-0.2, -0.15) is 0 Å². The molecule has 1 aromatic rings. The highest BCUT2D eigenvalue weighted by atomic mass is 16.5. The zero-order valence-corrected chi connectivity index (χ0v) is 2.96. The van der Waals surface area contributed by atoms with E-state index in [-0.39, 0.29) is 5.48 Å². The van der Waals surface area contributed by atoms with Crippen LogP contribution in [0, 0.1) is 0 Å². The monoisotopic (exact) mass is 88.0 g/mol. The fraction of sp³-hybridized carbons (Fsp3) is 0. The zero-order valence-electron chi connectivity index (χ0n) is 2.96. The normalized spacial score (nSPS) is 6.67. The van der Waals surface area contributed by atoms with Crippen molar-refractivity contribution in [3.05, 3.63) is 12.5 Å². The highest BCUT2D eigenvalue weighted by Crippen LogP contribution is 1.64. The second kappa shape index (κ2) is 2.34. The summed E-state index contributed by atoms with van der Waals surface area (Å²) in [6, 6.07) is 0. The van der Waals surface area contributed by atoms with Crippen molar-refractivity contribution in [2.24, 2.45) is 0 Å². The van der Waals surface area contributed by atoms with Crippen molar-refractivity contribution >= 4 is 0 Å². The van der Waals surface area contributed by atoms with E-state index in [2.05, 4.69) is 14.9 Å². The van der Waals surface area contributed by atoms with Gasteiger partial charge in [0, 0.05) is 5.27 Å². The fourth-order valence-electron chi connectivity index (χ4n) is 0.136. The first-order valence-corrected chi connectivity index (χ1v) is 1.21. The molecule has 0 saturated heterocycles. The van der Waals surface area contributed by atoms with E-state index in [0.29, 0.717) is 0 Å². The molecule has 2 N–H and O–H groups in total. The second-order valence-electron chi connectivity index (χ2n) is 0.588. The number of hydrogen-bond acceptors (Lipinski definition) is 3. The maximum atomic E-state index is 4.22. The van der Waals surface area contributed by atoms with Crippen LogP contribution in [0.5, 0.6) is 0 Å². The van der Waals surface area contributed by atoms with Crippen molar-refractivity contribution in [2.75, 3.05) is 0 Å². The predicted molar refractivity (Wildman–Crippen MR) is 17.9 cm³/mol. The van der Waals surface area contributed by atoms with E-state index in [0.717, 1.165) is 0 Å². The van der Waals surface area contributed by atoms with Gasteiger partial charge in [0.25, 0.3) is 0 Å². The van der Waals surface area contributed by atoms with E-state index >= 15 is 0 Å². The van der Waals surface area contributed by atoms with E-state index in [9.17, 15) is 0 Å².